The molecule has 0 amide bonds. The zero-order chi connectivity index (χ0) is 19.8. The molecule has 2 aromatic heterocycles. The lowest BCUT2D eigenvalue weighted by atomic mass is 10.2. The fourth-order valence-corrected chi connectivity index (χ4v) is 4.53. The number of hydrogen-bond acceptors (Lipinski definition) is 4. The van der Waals surface area contributed by atoms with Crippen molar-refractivity contribution in [3.8, 4) is 0 Å². The number of fused-ring (bicyclic) bond motifs is 1. The van der Waals surface area contributed by atoms with Crippen LogP contribution in [-0.4, -0.2) is 25.7 Å². The maximum absolute atomic E-state index is 12.9. The van der Waals surface area contributed by atoms with Crippen molar-refractivity contribution in [1.82, 2.24) is 14.1 Å². The average molecular weight is 394 g/mol. The van der Waals surface area contributed by atoms with Gasteiger partial charge in [0.05, 0.1) is 16.7 Å². The number of Topliss-reactive ketones (excluding diaryl/α,β-unsaturated/α-hetero) is 1. The van der Waals surface area contributed by atoms with Crippen molar-refractivity contribution < 1.29 is 4.79 Å². The van der Waals surface area contributed by atoms with Crippen LogP contribution in [0.4, 0.5) is 0 Å². The van der Waals surface area contributed by atoms with E-state index in [1.807, 2.05) is 50.3 Å². The monoisotopic (exact) mass is 393 g/mol. The quantitative estimate of drug-likeness (QED) is 0.260. The van der Waals surface area contributed by atoms with Gasteiger partial charge in [-0.1, -0.05) is 30.0 Å². The second-order valence-corrected chi connectivity index (χ2v) is 8.16. The summed E-state index contributed by atoms with van der Waals surface area (Å²) in [5.41, 5.74) is 3.40. The van der Waals surface area contributed by atoms with Gasteiger partial charge in [0.1, 0.15) is 0 Å². The summed E-state index contributed by atoms with van der Waals surface area (Å²) in [6.45, 7) is 8.43. The maximum Gasteiger partial charge on any atom is 0.262 e. The topological polar surface area (TPSA) is 56.9 Å². The van der Waals surface area contributed by atoms with E-state index in [1.54, 1.807) is 4.57 Å². The standard InChI is InChI=1S/C22H23N3O2S/c1-4-11-24-14(2)12-18(15(24)3)20(26)13-28-22-23-19-8-6-5-7-17(19)21(27)25(22)16-9-10-16/h4-8,12,16H,1,9-11,13H2,2-3H3. The predicted molar refractivity (Wildman–Crippen MR) is 113 cm³/mol. The lowest BCUT2D eigenvalue weighted by Crippen LogP contribution is -2.22. The zero-order valence-electron chi connectivity index (χ0n) is 16.1. The number of nitrogens with zero attached hydrogens (tertiary/aromatic N) is 3. The number of hydrogen-bond donors (Lipinski definition) is 0. The van der Waals surface area contributed by atoms with Crippen molar-refractivity contribution in [1.29, 1.82) is 0 Å². The number of carbonyl (C=O) groups excluding carboxylic acids is 1. The van der Waals surface area contributed by atoms with E-state index in [0.717, 1.165) is 29.8 Å². The second kappa shape index (κ2) is 7.43. The number of aromatic nitrogens is 3. The van der Waals surface area contributed by atoms with E-state index in [-0.39, 0.29) is 23.1 Å². The molecular formula is C22H23N3O2S. The number of benzene rings is 1. The van der Waals surface area contributed by atoms with Gasteiger partial charge in [-0.2, -0.15) is 0 Å². The Morgan fingerprint density at radius 1 is 1.32 bits per heavy atom. The minimum absolute atomic E-state index is 0.00721. The van der Waals surface area contributed by atoms with Crippen molar-refractivity contribution in [3.05, 3.63) is 70.3 Å². The van der Waals surface area contributed by atoms with Crippen molar-refractivity contribution in [2.24, 2.45) is 0 Å². The van der Waals surface area contributed by atoms with Gasteiger partial charge in [0, 0.05) is 29.5 Å². The molecule has 1 aliphatic carbocycles. The van der Waals surface area contributed by atoms with Crippen LogP contribution in [0.15, 0.2) is 52.9 Å². The average Bonchev–Trinajstić information content (AvgIpc) is 3.48. The molecule has 1 saturated carbocycles. The molecular weight excluding hydrogens is 370 g/mol. The molecule has 28 heavy (non-hydrogen) atoms. The van der Waals surface area contributed by atoms with Crippen molar-refractivity contribution in [2.75, 3.05) is 5.75 Å². The Balaban J connectivity index is 1.63. The number of thioether (sulfide) groups is 1. The summed E-state index contributed by atoms with van der Waals surface area (Å²) in [4.78, 5) is 30.5. The number of carbonyl (C=O) groups is 1. The third-order valence-corrected chi connectivity index (χ3v) is 6.16. The fourth-order valence-electron chi connectivity index (χ4n) is 3.58. The van der Waals surface area contributed by atoms with Gasteiger partial charge >= 0.3 is 0 Å². The number of ketones is 1. The molecule has 5 nitrogen and oxygen atoms in total. The van der Waals surface area contributed by atoms with Gasteiger partial charge in [-0.25, -0.2) is 4.98 Å². The molecule has 1 aliphatic rings. The van der Waals surface area contributed by atoms with Crippen LogP contribution < -0.4 is 5.56 Å². The maximum atomic E-state index is 12.9. The Kier molecular flexibility index (Phi) is 4.98. The van der Waals surface area contributed by atoms with E-state index in [9.17, 15) is 9.59 Å². The normalized spacial score (nSPS) is 13.8. The van der Waals surface area contributed by atoms with Crippen LogP contribution in [0.25, 0.3) is 10.9 Å². The number of allylic oxidation sites excluding steroid dienone is 1. The molecule has 4 rings (SSSR count). The minimum Gasteiger partial charge on any atom is -0.345 e. The molecule has 6 heteroatoms. The van der Waals surface area contributed by atoms with E-state index in [1.165, 1.54) is 11.8 Å². The molecule has 3 aromatic rings. The van der Waals surface area contributed by atoms with Crippen LogP contribution >= 0.6 is 11.8 Å². The van der Waals surface area contributed by atoms with Crippen LogP contribution in [0.2, 0.25) is 0 Å². The van der Waals surface area contributed by atoms with Crippen LogP contribution in [0, 0.1) is 13.8 Å². The summed E-state index contributed by atoms with van der Waals surface area (Å²) >= 11 is 1.36. The van der Waals surface area contributed by atoms with E-state index in [0.29, 0.717) is 22.6 Å². The van der Waals surface area contributed by atoms with Gasteiger partial charge in [-0.3, -0.25) is 14.2 Å². The molecule has 0 spiro atoms. The van der Waals surface area contributed by atoms with Crippen molar-refractivity contribution >= 4 is 28.4 Å². The first-order valence-electron chi connectivity index (χ1n) is 9.46. The Hall–Kier alpha value is -2.60. The van der Waals surface area contributed by atoms with E-state index in [4.69, 9.17) is 4.98 Å². The van der Waals surface area contributed by atoms with E-state index in [2.05, 4.69) is 11.1 Å². The van der Waals surface area contributed by atoms with Gasteiger partial charge < -0.3 is 4.57 Å². The first-order valence-corrected chi connectivity index (χ1v) is 10.4. The SMILES string of the molecule is C=CCn1c(C)cc(C(=O)CSc2nc3ccccc3c(=O)n2C2CC2)c1C. The molecule has 0 saturated heterocycles. The Morgan fingerprint density at radius 2 is 2.07 bits per heavy atom. The van der Waals surface area contributed by atoms with Gasteiger partial charge in [0.2, 0.25) is 0 Å². The van der Waals surface area contributed by atoms with Gasteiger partial charge in [-0.15, -0.1) is 6.58 Å². The lowest BCUT2D eigenvalue weighted by molar-refractivity contribution is 0.102. The molecule has 0 unspecified atom stereocenters. The van der Waals surface area contributed by atoms with Crippen LogP contribution in [-0.2, 0) is 6.54 Å². The molecule has 0 atom stereocenters. The summed E-state index contributed by atoms with van der Waals surface area (Å²) in [7, 11) is 0. The largest absolute Gasteiger partial charge is 0.345 e. The van der Waals surface area contributed by atoms with Gasteiger partial charge in [0.15, 0.2) is 10.9 Å². The highest BCUT2D eigenvalue weighted by Crippen LogP contribution is 2.37. The molecule has 0 N–H and O–H groups in total. The first kappa shape index (κ1) is 18.7. The molecule has 0 bridgehead atoms. The first-order chi connectivity index (χ1) is 13.5. The van der Waals surface area contributed by atoms with E-state index < -0.39 is 0 Å². The molecule has 144 valence electrons. The van der Waals surface area contributed by atoms with Crippen LogP contribution in [0.5, 0.6) is 0 Å². The van der Waals surface area contributed by atoms with Crippen LogP contribution in [0.3, 0.4) is 0 Å². The molecule has 0 aliphatic heterocycles. The van der Waals surface area contributed by atoms with Gasteiger partial charge in [0.25, 0.3) is 5.56 Å². The number of aryl methyl sites for hydroxylation is 1. The highest BCUT2D eigenvalue weighted by atomic mass is 32.2. The highest BCUT2D eigenvalue weighted by Gasteiger charge is 2.29. The molecule has 2 heterocycles. The van der Waals surface area contributed by atoms with Gasteiger partial charge in [-0.05, 0) is 44.9 Å². The summed E-state index contributed by atoms with van der Waals surface area (Å²) in [6.07, 6.45) is 3.81. The summed E-state index contributed by atoms with van der Waals surface area (Å²) in [6, 6.07) is 9.55. The third-order valence-electron chi connectivity index (χ3n) is 5.21. The molecule has 1 fully saturated rings. The highest BCUT2D eigenvalue weighted by molar-refractivity contribution is 7.99. The van der Waals surface area contributed by atoms with Crippen LogP contribution in [0.1, 0.15) is 40.6 Å². The summed E-state index contributed by atoms with van der Waals surface area (Å²) < 4.78 is 3.86. The Labute approximate surface area is 168 Å². The zero-order valence-corrected chi connectivity index (χ0v) is 17.0. The molecule has 1 aromatic carbocycles. The Morgan fingerprint density at radius 3 is 2.79 bits per heavy atom. The lowest BCUT2D eigenvalue weighted by Gasteiger charge is -2.12. The summed E-state index contributed by atoms with van der Waals surface area (Å²) in [5.74, 6) is 0.314. The van der Waals surface area contributed by atoms with Crippen molar-refractivity contribution in [2.45, 2.75) is 44.4 Å². The number of rotatable bonds is 7. The Bertz CT molecular complexity index is 1140. The smallest absolute Gasteiger partial charge is 0.262 e. The fraction of sp³-hybridized carbons (Fsp3) is 0.318. The number of para-hydroxylation sites is 1. The molecule has 0 radical (unpaired) electrons. The third kappa shape index (κ3) is 3.33. The second-order valence-electron chi connectivity index (χ2n) is 7.21. The minimum atomic E-state index is -0.00721. The van der Waals surface area contributed by atoms with E-state index >= 15 is 0 Å². The summed E-state index contributed by atoms with van der Waals surface area (Å²) in [5, 5.41) is 1.28. The predicted octanol–water partition coefficient (Wildman–Crippen LogP) is 4.31. The van der Waals surface area contributed by atoms with Crippen molar-refractivity contribution in [3.63, 3.8) is 0 Å².